The van der Waals surface area contributed by atoms with Gasteiger partial charge in [0.25, 0.3) is 0 Å². The van der Waals surface area contributed by atoms with E-state index in [-0.39, 0.29) is 5.75 Å². The van der Waals surface area contributed by atoms with Gasteiger partial charge in [0.05, 0.1) is 6.20 Å². The average molecular weight is 413 g/mol. The monoisotopic (exact) mass is 413 g/mol. The lowest BCUT2D eigenvalue weighted by atomic mass is 10.1. The van der Waals surface area contributed by atoms with Crippen LogP contribution in [-0.4, -0.2) is 64.9 Å². The quantitative estimate of drug-likeness (QED) is 0.661. The minimum absolute atomic E-state index is 0.103. The third-order valence-corrected chi connectivity index (χ3v) is 4.75. The third-order valence-electron chi connectivity index (χ3n) is 4.75. The summed E-state index contributed by atoms with van der Waals surface area (Å²) in [6.07, 6.45) is 3.31. The van der Waals surface area contributed by atoms with Crippen molar-refractivity contribution in [2.24, 2.45) is 0 Å². The smallest absolute Gasteiger partial charge is 0.387 e. The van der Waals surface area contributed by atoms with Gasteiger partial charge in [-0.1, -0.05) is 12.1 Å². The summed E-state index contributed by atoms with van der Waals surface area (Å²) in [5, 5.41) is 11.3. The topological polar surface area (TPSA) is 79.3 Å². The van der Waals surface area contributed by atoms with Gasteiger partial charge >= 0.3 is 6.61 Å². The van der Waals surface area contributed by atoms with Crippen molar-refractivity contribution >= 4 is 17.6 Å². The number of nitrogens with one attached hydrogen (secondary N) is 1. The Morgan fingerprint density at radius 1 is 1.00 bits per heavy atom. The highest BCUT2D eigenvalue weighted by Crippen LogP contribution is 2.25. The van der Waals surface area contributed by atoms with Gasteiger partial charge in [-0.15, -0.1) is 5.10 Å². The molecule has 3 heterocycles. The Labute approximate surface area is 172 Å². The molecule has 1 saturated heterocycles. The Balaban J connectivity index is 1.47. The molecule has 0 spiro atoms. The zero-order valence-electron chi connectivity index (χ0n) is 16.4. The number of hydrogen-bond donors (Lipinski definition) is 1. The average Bonchev–Trinajstić information content (AvgIpc) is 2.75. The maximum atomic E-state index is 12.3. The first-order valence-electron chi connectivity index (χ1n) is 9.48. The van der Waals surface area contributed by atoms with Gasteiger partial charge in [0, 0.05) is 37.9 Å². The van der Waals surface area contributed by atoms with Crippen LogP contribution < -0.4 is 15.0 Å². The Bertz CT molecular complexity index is 979. The molecule has 3 aromatic rings. The van der Waals surface area contributed by atoms with Crippen LogP contribution in [-0.2, 0) is 0 Å². The molecule has 0 bridgehead atoms. The zero-order chi connectivity index (χ0) is 20.9. The Kier molecular flexibility index (Phi) is 5.94. The van der Waals surface area contributed by atoms with E-state index in [4.69, 9.17) is 0 Å². The maximum absolute atomic E-state index is 12.3. The summed E-state index contributed by atoms with van der Waals surface area (Å²) < 4.78 is 29.0. The first kappa shape index (κ1) is 19.9. The summed E-state index contributed by atoms with van der Waals surface area (Å²) >= 11 is 0. The molecule has 0 saturated carbocycles. The molecule has 0 unspecified atom stereocenters. The molecule has 1 aliphatic rings. The largest absolute Gasteiger partial charge is 0.435 e. The number of piperazine rings is 1. The van der Waals surface area contributed by atoms with Crippen molar-refractivity contribution in [1.82, 2.24) is 25.1 Å². The van der Waals surface area contributed by atoms with Crippen molar-refractivity contribution in [3.8, 4) is 16.9 Å². The number of ether oxygens (including phenoxy) is 1. The van der Waals surface area contributed by atoms with Crippen molar-refractivity contribution in [2.75, 3.05) is 43.4 Å². The van der Waals surface area contributed by atoms with Crippen molar-refractivity contribution < 1.29 is 13.5 Å². The van der Waals surface area contributed by atoms with Crippen LogP contribution in [0.5, 0.6) is 5.75 Å². The fraction of sp³-hybridized carbons (Fsp3) is 0.300. The molecular formula is C20H21F2N7O. The molecule has 8 nitrogen and oxygen atoms in total. The Morgan fingerprint density at radius 3 is 2.50 bits per heavy atom. The zero-order valence-corrected chi connectivity index (χ0v) is 16.4. The van der Waals surface area contributed by atoms with Crippen molar-refractivity contribution in [3.05, 3.63) is 48.8 Å². The van der Waals surface area contributed by atoms with Gasteiger partial charge in [-0.2, -0.15) is 18.9 Å². The molecule has 10 heteroatoms. The van der Waals surface area contributed by atoms with Crippen LogP contribution in [0.1, 0.15) is 0 Å². The van der Waals surface area contributed by atoms with Gasteiger partial charge in [-0.25, -0.2) is 4.98 Å². The van der Waals surface area contributed by atoms with Gasteiger partial charge in [0.1, 0.15) is 11.6 Å². The fourth-order valence-corrected chi connectivity index (χ4v) is 3.12. The Morgan fingerprint density at radius 2 is 1.77 bits per heavy atom. The van der Waals surface area contributed by atoms with E-state index < -0.39 is 6.61 Å². The predicted molar refractivity (Wildman–Crippen MR) is 109 cm³/mol. The van der Waals surface area contributed by atoms with Crippen molar-refractivity contribution in [3.63, 3.8) is 0 Å². The lowest BCUT2D eigenvalue weighted by Gasteiger charge is -2.32. The van der Waals surface area contributed by atoms with Crippen LogP contribution >= 0.6 is 0 Å². The summed E-state index contributed by atoms with van der Waals surface area (Å²) in [7, 11) is 2.10. The van der Waals surface area contributed by atoms with Crippen LogP contribution in [0.2, 0.25) is 0 Å². The fourth-order valence-electron chi connectivity index (χ4n) is 3.12. The van der Waals surface area contributed by atoms with Gasteiger partial charge in [0.2, 0.25) is 5.95 Å². The summed E-state index contributed by atoms with van der Waals surface area (Å²) in [6.45, 7) is 0.838. The summed E-state index contributed by atoms with van der Waals surface area (Å²) in [6, 6.07) is 9.94. The number of likely N-dealkylation sites (N-methyl/N-ethyl adjacent to an activating group) is 1. The molecule has 1 N–H and O–H groups in total. The lowest BCUT2D eigenvalue weighted by molar-refractivity contribution is -0.0498. The second kappa shape index (κ2) is 8.95. The Hall–Kier alpha value is -3.40. The number of anilines is 3. The van der Waals surface area contributed by atoms with E-state index >= 15 is 0 Å². The van der Waals surface area contributed by atoms with Crippen molar-refractivity contribution in [1.29, 1.82) is 0 Å². The third kappa shape index (κ3) is 4.95. The molecular weight excluding hydrogens is 392 g/mol. The summed E-state index contributed by atoms with van der Waals surface area (Å²) in [5.74, 6) is 1.91. The second-order valence-electron chi connectivity index (χ2n) is 6.89. The van der Waals surface area contributed by atoms with Gasteiger partial charge in [0.15, 0.2) is 5.82 Å². The van der Waals surface area contributed by atoms with E-state index in [0.29, 0.717) is 17.6 Å². The van der Waals surface area contributed by atoms with Gasteiger partial charge in [-0.3, -0.25) is 0 Å². The van der Waals surface area contributed by atoms with Crippen LogP contribution in [0.15, 0.2) is 48.8 Å². The molecule has 2 aromatic heterocycles. The number of nitrogens with zero attached hydrogens (tertiary/aromatic N) is 6. The molecule has 1 aromatic carbocycles. The molecule has 1 aliphatic heterocycles. The van der Waals surface area contributed by atoms with Crippen molar-refractivity contribution in [2.45, 2.75) is 6.61 Å². The summed E-state index contributed by atoms with van der Waals surface area (Å²) in [5.41, 5.74) is 1.58. The molecule has 0 atom stereocenters. The minimum Gasteiger partial charge on any atom is -0.435 e. The number of alkyl halides is 2. The predicted octanol–water partition coefficient (Wildman–Crippen LogP) is 3.03. The number of rotatable bonds is 6. The van der Waals surface area contributed by atoms with Gasteiger partial charge < -0.3 is 19.9 Å². The highest BCUT2D eigenvalue weighted by atomic mass is 19.3. The first-order chi connectivity index (χ1) is 14.6. The van der Waals surface area contributed by atoms with E-state index in [2.05, 4.69) is 47.1 Å². The molecule has 156 valence electrons. The molecule has 4 rings (SSSR count). The molecule has 30 heavy (non-hydrogen) atoms. The summed E-state index contributed by atoms with van der Waals surface area (Å²) in [4.78, 5) is 13.4. The number of hydrogen-bond acceptors (Lipinski definition) is 8. The normalized spacial score (nSPS) is 14.7. The highest BCUT2D eigenvalue weighted by molar-refractivity contribution is 5.67. The molecule has 0 aliphatic carbocycles. The van der Waals surface area contributed by atoms with Gasteiger partial charge in [-0.05, 0) is 36.9 Å². The SMILES string of the molecule is CN1CCN(c2nccc(Nc3cc(-c4ccc(OC(F)F)cc4)cnn3)n2)CC1. The second-order valence-corrected chi connectivity index (χ2v) is 6.89. The minimum atomic E-state index is -2.85. The molecule has 0 radical (unpaired) electrons. The maximum Gasteiger partial charge on any atom is 0.387 e. The lowest BCUT2D eigenvalue weighted by Crippen LogP contribution is -2.45. The number of aromatic nitrogens is 4. The molecule has 0 amide bonds. The van der Waals surface area contributed by atoms with E-state index in [0.717, 1.165) is 37.3 Å². The van der Waals surface area contributed by atoms with E-state index in [1.807, 2.05) is 6.07 Å². The standard InChI is InChI=1S/C20H21F2N7O/c1-28-8-10-29(11-9-28)20-23-7-6-17(26-20)25-18-12-15(13-24-27-18)14-2-4-16(5-3-14)30-19(21)22/h2-7,12-13,19H,8-11H2,1H3,(H,23,25,26,27). The van der Waals surface area contributed by atoms with E-state index in [1.165, 1.54) is 12.1 Å². The number of halogens is 2. The van der Waals surface area contributed by atoms with Crippen LogP contribution in [0.3, 0.4) is 0 Å². The van der Waals surface area contributed by atoms with Crippen LogP contribution in [0.25, 0.3) is 11.1 Å². The molecule has 1 fully saturated rings. The van der Waals surface area contributed by atoms with E-state index in [9.17, 15) is 8.78 Å². The number of benzene rings is 1. The van der Waals surface area contributed by atoms with Crippen LogP contribution in [0.4, 0.5) is 26.4 Å². The van der Waals surface area contributed by atoms with E-state index in [1.54, 1.807) is 30.6 Å². The van der Waals surface area contributed by atoms with Crippen LogP contribution in [0, 0.1) is 0 Å². The first-order valence-corrected chi connectivity index (χ1v) is 9.48. The highest BCUT2D eigenvalue weighted by Gasteiger charge is 2.16.